The molecular formula is C24H30BrNO2. The topological polar surface area (TPSA) is 30.5 Å². The van der Waals surface area contributed by atoms with Crippen LogP contribution in [0.4, 0.5) is 0 Å². The maximum Gasteiger partial charge on any atom is 0.167 e. The van der Waals surface area contributed by atoms with Crippen molar-refractivity contribution in [1.29, 1.82) is 0 Å². The third kappa shape index (κ3) is 5.86. The van der Waals surface area contributed by atoms with Crippen molar-refractivity contribution in [2.45, 2.75) is 52.2 Å². The van der Waals surface area contributed by atoms with E-state index in [0.29, 0.717) is 6.61 Å². The van der Waals surface area contributed by atoms with Gasteiger partial charge >= 0.3 is 0 Å². The molecule has 0 heterocycles. The van der Waals surface area contributed by atoms with Gasteiger partial charge in [-0.3, -0.25) is 0 Å². The Morgan fingerprint density at radius 2 is 1.89 bits per heavy atom. The van der Waals surface area contributed by atoms with Crippen LogP contribution in [0.5, 0.6) is 11.5 Å². The summed E-state index contributed by atoms with van der Waals surface area (Å²) in [6.45, 7) is 4.34. The maximum absolute atomic E-state index is 6.21. The summed E-state index contributed by atoms with van der Waals surface area (Å²) in [6, 6.07) is 12.4. The molecule has 150 valence electrons. The third-order valence-electron chi connectivity index (χ3n) is 5.20. The van der Waals surface area contributed by atoms with Crippen LogP contribution in [0.25, 0.3) is 0 Å². The molecule has 2 aromatic rings. The number of rotatable bonds is 9. The predicted molar refractivity (Wildman–Crippen MR) is 119 cm³/mol. The second-order valence-corrected chi connectivity index (χ2v) is 8.22. The Kier molecular flexibility index (Phi) is 7.99. The van der Waals surface area contributed by atoms with Gasteiger partial charge in [-0.2, -0.15) is 0 Å². The molecular weight excluding hydrogens is 414 g/mol. The van der Waals surface area contributed by atoms with Crippen LogP contribution in [-0.2, 0) is 13.2 Å². The van der Waals surface area contributed by atoms with E-state index >= 15 is 0 Å². The lowest BCUT2D eigenvalue weighted by Crippen LogP contribution is -2.17. The average molecular weight is 444 g/mol. The number of hydrogen-bond acceptors (Lipinski definition) is 3. The van der Waals surface area contributed by atoms with Gasteiger partial charge in [-0.15, -0.1) is 0 Å². The van der Waals surface area contributed by atoms with Gasteiger partial charge < -0.3 is 14.8 Å². The highest BCUT2D eigenvalue weighted by Gasteiger charge is 2.15. The first-order chi connectivity index (χ1) is 13.7. The molecule has 28 heavy (non-hydrogen) atoms. The van der Waals surface area contributed by atoms with E-state index in [4.69, 9.17) is 9.47 Å². The predicted octanol–water partition coefficient (Wildman–Crippen LogP) is 6.33. The molecule has 0 saturated heterocycles. The highest BCUT2D eigenvalue weighted by Crippen LogP contribution is 2.37. The molecule has 0 spiro atoms. The highest BCUT2D eigenvalue weighted by atomic mass is 79.9. The van der Waals surface area contributed by atoms with Crippen LogP contribution in [-0.4, -0.2) is 13.7 Å². The Bertz CT molecular complexity index is 799. The van der Waals surface area contributed by atoms with Crippen LogP contribution in [0, 0.1) is 6.92 Å². The normalized spacial score (nSPS) is 13.9. The summed E-state index contributed by atoms with van der Waals surface area (Å²) >= 11 is 3.69. The molecule has 1 aliphatic rings. The summed E-state index contributed by atoms with van der Waals surface area (Å²) in [5.74, 6) is 1.57. The average Bonchev–Trinajstić information content (AvgIpc) is 2.73. The molecule has 0 atom stereocenters. The van der Waals surface area contributed by atoms with Crippen molar-refractivity contribution in [2.75, 3.05) is 13.7 Å². The van der Waals surface area contributed by atoms with Crippen LogP contribution < -0.4 is 14.8 Å². The van der Waals surface area contributed by atoms with Crippen LogP contribution in [0.1, 0.15) is 48.8 Å². The molecule has 0 aliphatic heterocycles. The zero-order chi connectivity index (χ0) is 19.8. The minimum atomic E-state index is 0.521. The van der Waals surface area contributed by atoms with Gasteiger partial charge in [0.15, 0.2) is 11.5 Å². The fourth-order valence-electron chi connectivity index (χ4n) is 3.50. The zero-order valence-corrected chi connectivity index (χ0v) is 18.5. The van der Waals surface area contributed by atoms with Gasteiger partial charge in [-0.1, -0.05) is 57.4 Å². The zero-order valence-electron chi connectivity index (χ0n) is 16.9. The third-order valence-corrected chi connectivity index (χ3v) is 5.94. The van der Waals surface area contributed by atoms with Crippen molar-refractivity contribution < 1.29 is 9.47 Å². The molecule has 0 bridgehead atoms. The molecule has 1 aliphatic carbocycles. The van der Waals surface area contributed by atoms with Crippen molar-refractivity contribution in [3.8, 4) is 11.5 Å². The van der Waals surface area contributed by atoms with Gasteiger partial charge in [0.05, 0.1) is 7.11 Å². The van der Waals surface area contributed by atoms with Gasteiger partial charge in [0.25, 0.3) is 0 Å². The lowest BCUT2D eigenvalue weighted by Gasteiger charge is -2.18. The fourth-order valence-corrected chi connectivity index (χ4v) is 3.95. The minimum Gasteiger partial charge on any atom is -0.493 e. The van der Waals surface area contributed by atoms with E-state index in [2.05, 4.69) is 58.5 Å². The molecule has 3 nitrogen and oxygen atoms in total. The second-order valence-electron chi connectivity index (χ2n) is 7.37. The molecule has 0 fully saturated rings. The number of hydrogen-bond donors (Lipinski definition) is 1. The number of methoxy groups -OCH3 is 1. The summed E-state index contributed by atoms with van der Waals surface area (Å²) in [4.78, 5) is 0. The minimum absolute atomic E-state index is 0.521. The highest BCUT2D eigenvalue weighted by molar-refractivity contribution is 9.10. The number of ether oxygens (including phenoxy) is 2. The SMILES string of the molecule is COc1ccc(Br)c(CNCCC2=CCCCC2)c1OCc1ccc(C)cc1. The molecule has 0 radical (unpaired) electrons. The quantitative estimate of drug-likeness (QED) is 0.362. The van der Waals surface area contributed by atoms with E-state index in [0.717, 1.165) is 46.6 Å². The molecule has 4 heteroatoms. The maximum atomic E-state index is 6.21. The van der Waals surface area contributed by atoms with Crippen molar-refractivity contribution in [2.24, 2.45) is 0 Å². The summed E-state index contributed by atoms with van der Waals surface area (Å²) in [5, 5.41) is 3.58. The fraction of sp³-hybridized carbons (Fsp3) is 0.417. The Morgan fingerprint density at radius 1 is 1.07 bits per heavy atom. The van der Waals surface area contributed by atoms with Gasteiger partial charge in [-0.25, -0.2) is 0 Å². The first kappa shape index (κ1) is 20.9. The molecule has 0 aromatic heterocycles. The molecule has 1 N–H and O–H groups in total. The molecule has 0 amide bonds. The van der Waals surface area contributed by atoms with E-state index < -0.39 is 0 Å². The summed E-state index contributed by atoms with van der Waals surface area (Å²) in [7, 11) is 1.69. The van der Waals surface area contributed by atoms with Crippen molar-refractivity contribution >= 4 is 15.9 Å². The smallest absolute Gasteiger partial charge is 0.167 e. The first-order valence-corrected chi connectivity index (χ1v) is 10.9. The number of halogens is 1. The summed E-state index contributed by atoms with van der Waals surface area (Å²) < 4.78 is 12.8. The van der Waals surface area contributed by atoms with E-state index in [9.17, 15) is 0 Å². The number of aryl methyl sites for hydroxylation is 1. The number of benzene rings is 2. The molecule has 0 unspecified atom stereocenters. The Morgan fingerprint density at radius 3 is 2.61 bits per heavy atom. The van der Waals surface area contributed by atoms with Crippen LogP contribution in [0.3, 0.4) is 0 Å². The molecule has 3 rings (SSSR count). The Labute approximate surface area is 177 Å². The van der Waals surface area contributed by atoms with E-state index in [1.54, 1.807) is 12.7 Å². The summed E-state index contributed by atoms with van der Waals surface area (Å²) in [6.07, 6.45) is 8.73. The van der Waals surface area contributed by atoms with Gasteiger partial charge in [0.2, 0.25) is 0 Å². The van der Waals surface area contributed by atoms with Crippen LogP contribution in [0.15, 0.2) is 52.5 Å². The monoisotopic (exact) mass is 443 g/mol. The standard InChI is InChI=1S/C24H30BrNO2/c1-18-8-10-20(11-9-18)17-28-24-21(22(25)12-13-23(24)27-2)16-26-15-14-19-6-4-3-5-7-19/h6,8-13,26H,3-5,7,14-17H2,1-2H3. The second kappa shape index (κ2) is 10.7. The number of allylic oxidation sites excluding steroid dienone is 1. The largest absolute Gasteiger partial charge is 0.493 e. The first-order valence-electron chi connectivity index (χ1n) is 10.1. The lowest BCUT2D eigenvalue weighted by atomic mass is 9.97. The van der Waals surface area contributed by atoms with E-state index in [1.807, 2.05) is 12.1 Å². The van der Waals surface area contributed by atoms with Crippen molar-refractivity contribution in [3.05, 3.63) is 69.2 Å². The van der Waals surface area contributed by atoms with Crippen molar-refractivity contribution in [1.82, 2.24) is 5.32 Å². The Hall–Kier alpha value is -1.78. The number of nitrogens with one attached hydrogen (secondary N) is 1. The summed E-state index contributed by atoms with van der Waals surface area (Å²) in [5.41, 5.74) is 5.10. The van der Waals surface area contributed by atoms with Gasteiger partial charge in [0.1, 0.15) is 6.61 Å². The molecule has 0 saturated carbocycles. The Balaban J connectivity index is 1.64. The van der Waals surface area contributed by atoms with Crippen LogP contribution in [0.2, 0.25) is 0 Å². The van der Waals surface area contributed by atoms with Gasteiger partial charge in [-0.05, 0) is 63.3 Å². The van der Waals surface area contributed by atoms with Crippen LogP contribution >= 0.6 is 15.9 Å². The lowest BCUT2D eigenvalue weighted by molar-refractivity contribution is 0.280. The van der Waals surface area contributed by atoms with E-state index in [-0.39, 0.29) is 0 Å². The van der Waals surface area contributed by atoms with Gasteiger partial charge in [0, 0.05) is 16.6 Å². The van der Waals surface area contributed by atoms with E-state index in [1.165, 1.54) is 31.2 Å². The molecule has 2 aromatic carbocycles. The van der Waals surface area contributed by atoms with Crippen molar-refractivity contribution in [3.63, 3.8) is 0 Å².